The lowest BCUT2D eigenvalue weighted by Crippen LogP contribution is -2.42. The summed E-state index contributed by atoms with van der Waals surface area (Å²) in [5.74, 6) is 1.34. The summed E-state index contributed by atoms with van der Waals surface area (Å²) >= 11 is 0. The van der Waals surface area contributed by atoms with E-state index < -0.39 is 0 Å². The van der Waals surface area contributed by atoms with E-state index in [4.69, 9.17) is 0 Å². The third-order valence-electron chi connectivity index (χ3n) is 5.13. The lowest BCUT2D eigenvalue weighted by Gasteiger charge is -2.40. The van der Waals surface area contributed by atoms with Crippen molar-refractivity contribution < 1.29 is 0 Å². The van der Waals surface area contributed by atoms with Crippen LogP contribution in [0.3, 0.4) is 0 Å². The molecule has 0 bridgehead atoms. The Hall–Kier alpha value is -1.54. The summed E-state index contributed by atoms with van der Waals surface area (Å²) in [5.41, 5.74) is 4.18. The van der Waals surface area contributed by atoms with Crippen molar-refractivity contribution in [1.29, 1.82) is 0 Å². The number of anilines is 1. The van der Waals surface area contributed by atoms with Crippen molar-refractivity contribution >= 4 is 5.69 Å². The van der Waals surface area contributed by atoms with Gasteiger partial charge in [-0.2, -0.15) is 0 Å². The summed E-state index contributed by atoms with van der Waals surface area (Å²) in [6, 6.07) is 9.90. The summed E-state index contributed by atoms with van der Waals surface area (Å²) in [4.78, 5) is 0. The van der Waals surface area contributed by atoms with E-state index in [0.29, 0.717) is 23.9 Å². The van der Waals surface area contributed by atoms with E-state index in [1.165, 1.54) is 29.7 Å². The van der Waals surface area contributed by atoms with Gasteiger partial charge in [-0.1, -0.05) is 42.0 Å². The average Bonchev–Trinajstić information content (AvgIpc) is 2.97. The van der Waals surface area contributed by atoms with Crippen molar-refractivity contribution in [3.63, 3.8) is 0 Å². The number of rotatable bonds is 1. The molecule has 4 atom stereocenters. The fourth-order valence-corrected chi connectivity index (χ4v) is 4.07. The van der Waals surface area contributed by atoms with Gasteiger partial charge in [0.25, 0.3) is 0 Å². The smallest absolute Gasteiger partial charge is 0.0391 e. The van der Waals surface area contributed by atoms with E-state index in [0.717, 1.165) is 6.54 Å². The first-order chi connectivity index (χ1) is 9.83. The Morgan fingerprint density at radius 3 is 2.95 bits per heavy atom. The third kappa shape index (κ3) is 1.90. The molecule has 1 unspecified atom stereocenters. The van der Waals surface area contributed by atoms with Crippen molar-refractivity contribution in [2.24, 2.45) is 11.8 Å². The number of allylic oxidation sites excluding steroid dienone is 3. The molecule has 0 amide bonds. The number of hydrogen-bond donors (Lipinski definition) is 2. The summed E-state index contributed by atoms with van der Waals surface area (Å²) in [6.45, 7) is 3.34. The van der Waals surface area contributed by atoms with Crippen LogP contribution in [0.1, 0.15) is 31.4 Å². The van der Waals surface area contributed by atoms with Crippen LogP contribution in [0.5, 0.6) is 0 Å². The molecule has 0 saturated carbocycles. The highest BCUT2D eigenvalue weighted by Crippen LogP contribution is 2.44. The second kappa shape index (κ2) is 4.78. The molecule has 1 aliphatic carbocycles. The third-order valence-corrected chi connectivity index (χ3v) is 5.13. The first kappa shape index (κ1) is 12.2. The highest BCUT2D eigenvalue weighted by Gasteiger charge is 2.41. The molecule has 2 aliphatic heterocycles. The topological polar surface area (TPSA) is 24.1 Å². The maximum atomic E-state index is 3.83. The largest absolute Gasteiger partial charge is 0.381 e. The number of nitrogens with one attached hydrogen (secondary N) is 2. The molecule has 3 aliphatic rings. The number of hydrogen-bond acceptors (Lipinski definition) is 2. The van der Waals surface area contributed by atoms with Gasteiger partial charge in [-0.25, -0.2) is 0 Å². The van der Waals surface area contributed by atoms with Gasteiger partial charge in [-0.05, 0) is 37.9 Å². The van der Waals surface area contributed by atoms with Crippen molar-refractivity contribution in [3.05, 3.63) is 53.6 Å². The van der Waals surface area contributed by atoms with Gasteiger partial charge in [0.2, 0.25) is 0 Å². The Morgan fingerprint density at radius 1 is 1.20 bits per heavy atom. The van der Waals surface area contributed by atoms with Crippen molar-refractivity contribution in [2.75, 3.05) is 11.9 Å². The van der Waals surface area contributed by atoms with Crippen LogP contribution in [-0.4, -0.2) is 12.6 Å². The Balaban J connectivity index is 1.67. The minimum atomic E-state index is 0.540. The summed E-state index contributed by atoms with van der Waals surface area (Å²) < 4.78 is 0. The van der Waals surface area contributed by atoms with Crippen LogP contribution in [0.4, 0.5) is 5.69 Å². The Morgan fingerprint density at radius 2 is 2.10 bits per heavy atom. The molecule has 1 aromatic carbocycles. The zero-order chi connectivity index (χ0) is 13.5. The van der Waals surface area contributed by atoms with Gasteiger partial charge in [0, 0.05) is 29.6 Å². The number of benzene rings is 1. The molecular formula is C18H22N2. The van der Waals surface area contributed by atoms with Crippen LogP contribution in [0.15, 0.2) is 48.1 Å². The van der Waals surface area contributed by atoms with E-state index in [1.807, 2.05) is 0 Å². The standard InChI is InChI=1S/C18H22N2/c1-12-6-8-13(9-7-12)17-15-10-11-19-18(15)14-4-2-3-5-16(14)20-17/h2-8,13,15,17-20H,9-11H2,1H3/t13?,15-,17+,18+/m1/s1. The zero-order valence-corrected chi connectivity index (χ0v) is 12.0. The summed E-state index contributed by atoms with van der Waals surface area (Å²) in [7, 11) is 0. The molecule has 104 valence electrons. The van der Waals surface area contributed by atoms with Crippen LogP contribution in [0, 0.1) is 11.8 Å². The lowest BCUT2D eigenvalue weighted by atomic mass is 9.75. The quantitative estimate of drug-likeness (QED) is 0.810. The van der Waals surface area contributed by atoms with Gasteiger partial charge >= 0.3 is 0 Å². The monoisotopic (exact) mass is 266 g/mol. The van der Waals surface area contributed by atoms with Gasteiger partial charge in [0.15, 0.2) is 0 Å². The van der Waals surface area contributed by atoms with E-state index in [2.05, 4.69) is 60.1 Å². The van der Waals surface area contributed by atoms with Gasteiger partial charge in [-0.15, -0.1) is 0 Å². The van der Waals surface area contributed by atoms with Crippen LogP contribution >= 0.6 is 0 Å². The minimum Gasteiger partial charge on any atom is -0.381 e. The second-order valence-electron chi connectivity index (χ2n) is 6.35. The van der Waals surface area contributed by atoms with E-state index in [9.17, 15) is 0 Å². The highest BCUT2D eigenvalue weighted by atomic mass is 15.1. The number of fused-ring (bicyclic) bond motifs is 3. The fraction of sp³-hybridized carbons (Fsp3) is 0.444. The molecule has 1 aromatic rings. The molecule has 0 spiro atoms. The van der Waals surface area contributed by atoms with E-state index >= 15 is 0 Å². The minimum absolute atomic E-state index is 0.540. The van der Waals surface area contributed by atoms with Crippen molar-refractivity contribution in [2.45, 2.75) is 31.8 Å². The second-order valence-corrected chi connectivity index (χ2v) is 6.35. The molecule has 0 aromatic heterocycles. The molecule has 20 heavy (non-hydrogen) atoms. The Labute approximate surface area is 121 Å². The fourth-order valence-electron chi connectivity index (χ4n) is 4.07. The van der Waals surface area contributed by atoms with Crippen LogP contribution < -0.4 is 10.6 Å². The van der Waals surface area contributed by atoms with Gasteiger partial charge in [-0.3, -0.25) is 0 Å². The molecule has 2 nitrogen and oxygen atoms in total. The van der Waals surface area contributed by atoms with E-state index in [1.54, 1.807) is 0 Å². The molecule has 4 rings (SSSR count). The highest BCUT2D eigenvalue weighted by molar-refractivity contribution is 5.57. The SMILES string of the molecule is CC1=CCC([C@@H]2Nc3ccccc3[C@@H]3NCC[C@@H]32)C=C1. The summed E-state index contributed by atoms with van der Waals surface area (Å²) in [6.07, 6.45) is 9.53. The van der Waals surface area contributed by atoms with Crippen LogP contribution in [0.2, 0.25) is 0 Å². The summed E-state index contributed by atoms with van der Waals surface area (Å²) in [5, 5.41) is 7.55. The first-order valence-corrected chi connectivity index (χ1v) is 7.77. The van der Waals surface area contributed by atoms with Crippen molar-refractivity contribution in [3.8, 4) is 0 Å². The molecule has 2 heterocycles. The molecule has 0 radical (unpaired) electrons. The van der Waals surface area contributed by atoms with Gasteiger partial charge in [0.05, 0.1) is 0 Å². The van der Waals surface area contributed by atoms with Crippen molar-refractivity contribution in [1.82, 2.24) is 5.32 Å². The van der Waals surface area contributed by atoms with Gasteiger partial charge in [0.1, 0.15) is 0 Å². The average molecular weight is 266 g/mol. The maximum absolute atomic E-state index is 3.83. The predicted molar refractivity (Wildman–Crippen MR) is 83.7 cm³/mol. The Bertz CT molecular complexity index is 573. The zero-order valence-electron chi connectivity index (χ0n) is 12.0. The molecule has 2 N–H and O–H groups in total. The van der Waals surface area contributed by atoms with Gasteiger partial charge < -0.3 is 10.6 Å². The molecule has 2 heteroatoms. The van der Waals surface area contributed by atoms with Crippen LogP contribution in [-0.2, 0) is 0 Å². The van der Waals surface area contributed by atoms with Crippen LogP contribution in [0.25, 0.3) is 0 Å². The predicted octanol–water partition coefficient (Wildman–Crippen LogP) is 3.65. The molecular weight excluding hydrogens is 244 g/mol. The molecule has 1 fully saturated rings. The first-order valence-electron chi connectivity index (χ1n) is 7.77. The van der Waals surface area contributed by atoms with E-state index in [-0.39, 0.29) is 0 Å². The Kier molecular flexibility index (Phi) is 2.92. The molecule has 1 saturated heterocycles. The lowest BCUT2D eigenvalue weighted by molar-refractivity contribution is 0.327. The maximum Gasteiger partial charge on any atom is 0.0391 e. The number of para-hydroxylation sites is 1. The normalized spacial score (nSPS) is 35.0.